The number of methoxy groups -OCH3 is 2. The minimum Gasteiger partial charge on any atom is -0.508 e. The van der Waals surface area contributed by atoms with E-state index in [1.807, 2.05) is 12.1 Å². The van der Waals surface area contributed by atoms with Gasteiger partial charge >= 0.3 is 0 Å². The number of nitrogens with zero attached hydrogens (tertiary/aromatic N) is 1. The number of aromatic hydroxyl groups is 1. The maximum absolute atomic E-state index is 10.4. The molecule has 1 atom stereocenters. The van der Waals surface area contributed by atoms with Crippen molar-refractivity contribution in [2.45, 2.75) is 75.2 Å². The third kappa shape index (κ3) is 5.46. The average molecular weight is 734 g/mol. The molecule has 1 N–H and O–H groups in total. The number of fused-ring (bicyclic) bond motifs is 10. The Kier molecular flexibility index (Phi) is 8.40. The Morgan fingerprint density at radius 2 is 1.33 bits per heavy atom. The smallest absolute Gasteiger partial charge is 0.178 e. The van der Waals surface area contributed by atoms with Crippen LogP contribution in [0.25, 0.3) is 28.0 Å². The van der Waals surface area contributed by atoms with E-state index in [0.29, 0.717) is 5.41 Å². The molecule has 2 spiro atoms. The van der Waals surface area contributed by atoms with Crippen LogP contribution in [0.2, 0.25) is 0 Å². The van der Waals surface area contributed by atoms with Crippen LogP contribution in [-0.4, -0.2) is 45.6 Å². The summed E-state index contributed by atoms with van der Waals surface area (Å²) in [5, 5.41) is 12.7. The summed E-state index contributed by atoms with van der Waals surface area (Å²) in [5.74, 6) is 2.83. The molecule has 2 saturated carbocycles. The van der Waals surface area contributed by atoms with Crippen molar-refractivity contribution in [2.24, 2.45) is 5.41 Å². The normalized spacial score (nSPS) is 22.1. The van der Waals surface area contributed by atoms with E-state index in [0.717, 1.165) is 72.9 Å². The van der Waals surface area contributed by atoms with Gasteiger partial charge < -0.3 is 29.0 Å². The van der Waals surface area contributed by atoms with Crippen LogP contribution in [0, 0.1) is 5.41 Å². The molecule has 5 aliphatic rings. The van der Waals surface area contributed by atoms with Gasteiger partial charge in [-0.15, -0.1) is 0 Å². The summed E-state index contributed by atoms with van der Waals surface area (Å²) < 4.78 is 25.1. The quantitative estimate of drug-likeness (QED) is 0.194. The highest BCUT2D eigenvalue weighted by molar-refractivity contribution is 6.09. The van der Waals surface area contributed by atoms with Crippen LogP contribution in [0.15, 0.2) is 91.0 Å². The van der Waals surface area contributed by atoms with Crippen LogP contribution >= 0.6 is 0 Å². The molecular weight excluding hydrogens is 683 g/mol. The van der Waals surface area contributed by atoms with Crippen LogP contribution in [-0.2, 0) is 15.8 Å². The van der Waals surface area contributed by atoms with Gasteiger partial charge in [-0.3, -0.25) is 0 Å². The number of morpholine rings is 1. The molecular formula is C49H51NO5. The molecule has 6 nitrogen and oxygen atoms in total. The second-order valence-electron chi connectivity index (χ2n) is 16.7. The zero-order valence-corrected chi connectivity index (χ0v) is 32.2. The Morgan fingerprint density at radius 3 is 2.02 bits per heavy atom. The van der Waals surface area contributed by atoms with Gasteiger partial charge in [-0.05, 0) is 132 Å². The zero-order valence-electron chi connectivity index (χ0n) is 32.2. The highest BCUT2D eigenvalue weighted by Gasteiger charge is 2.52. The predicted molar refractivity (Wildman–Crippen MR) is 220 cm³/mol. The van der Waals surface area contributed by atoms with Crippen molar-refractivity contribution in [1.29, 1.82) is 0 Å². The van der Waals surface area contributed by atoms with E-state index in [9.17, 15) is 5.11 Å². The molecule has 0 amide bonds. The maximum Gasteiger partial charge on any atom is 0.178 e. The van der Waals surface area contributed by atoms with Gasteiger partial charge in [-0.2, -0.15) is 0 Å². The zero-order chi connectivity index (χ0) is 37.2. The Morgan fingerprint density at radius 1 is 0.673 bits per heavy atom. The van der Waals surface area contributed by atoms with E-state index in [2.05, 4.69) is 77.7 Å². The van der Waals surface area contributed by atoms with Crippen LogP contribution in [0.4, 0.5) is 5.69 Å². The summed E-state index contributed by atoms with van der Waals surface area (Å²) in [6.07, 6.45) is 17.6. The van der Waals surface area contributed by atoms with Gasteiger partial charge in [0.15, 0.2) is 5.60 Å². The maximum atomic E-state index is 10.4. The van der Waals surface area contributed by atoms with E-state index in [-0.39, 0.29) is 11.2 Å². The summed E-state index contributed by atoms with van der Waals surface area (Å²) in [5.41, 5.74) is 9.14. The minimum atomic E-state index is -0.937. The fourth-order valence-electron chi connectivity index (χ4n) is 11.1. The number of anilines is 1. The number of phenols is 1. The van der Waals surface area contributed by atoms with Gasteiger partial charge in [0.2, 0.25) is 0 Å². The first-order valence-electron chi connectivity index (χ1n) is 20.4. The molecule has 0 radical (unpaired) electrons. The van der Waals surface area contributed by atoms with Crippen LogP contribution in [0.5, 0.6) is 23.0 Å². The van der Waals surface area contributed by atoms with Crippen LogP contribution < -0.4 is 19.1 Å². The molecule has 55 heavy (non-hydrogen) atoms. The molecule has 0 aromatic heterocycles. The molecule has 2 heterocycles. The topological polar surface area (TPSA) is 60.4 Å². The number of ether oxygens (including phenoxy) is 4. The average Bonchev–Trinajstić information content (AvgIpc) is 3.33. The second kappa shape index (κ2) is 13.4. The van der Waals surface area contributed by atoms with E-state index in [1.54, 1.807) is 26.4 Å². The second-order valence-corrected chi connectivity index (χ2v) is 16.7. The first-order valence-corrected chi connectivity index (χ1v) is 20.4. The van der Waals surface area contributed by atoms with Gasteiger partial charge in [0.05, 0.1) is 27.4 Å². The molecule has 6 heteroatoms. The van der Waals surface area contributed by atoms with Crippen molar-refractivity contribution in [1.82, 2.24) is 0 Å². The minimum absolute atomic E-state index is 0.152. The van der Waals surface area contributed by atoms with Crippen molar-refractivity contribution < 1.29 is 24.1 Å². The van der Waals surface area contributed by atoms with Crippen LogP contribution in [0.1, 0.15) is 92.0 Å². The lowest BCUT2D eigenvalue weighted by atomic mass is 9.57. The summed E-state index contributed by atoms with van der Waals surface area (Å²) in [6, 6.07) is 29.6. The number of phenolic OH excluding ortho intramolecular Hbond substituents is 1. The van der Waals surface area contributed by atoms with E-state index >= 15 is 0 Å². The Bertz CT molecular complexity index is 2270. The van der Waals surface area contributed by atoms with Crippen LogP contribution in [0.3, 0.4) is 0 Å². The van der Waals surface area contributed by atoms with E-state index in [4.69, 9.17) is 18.9 Å². The van der Waals surface area contributed by atoms with E-state index < -0.39 is 5.60 Å². The third-order valence-corrected chi connectivity index (χ3v) is 14.0. The van der Waals surface area contributed by atoms with Gasteiger partial charge in [-0.25, -0.2) is 0 Å². The number of rotatable bonds is 5. The largest absolute Gasteiger partial charge is 0.508 e. The highest BCUT2D eigenvalue weighted by Crippen LogP contribution is 2.65. The van der Waals surface area contributed by atoms with Crippen molar-refractivity contribution in [3.05, 3.63) is 119 Å². The van der Waals surface area contributed by atoms with Crippen molar-refractivity contribution in [2.75, 3.05) is 45.4 Å². The SMILES string of the molecule is COc1ccc2c(c1)C1(CCC3(CCCCCC3)CC1)c1c3c(c4cc(OC)ccc4c1-2)OC(c1ccc(O)cc1)(c1ccc(N2CCOCC2)cc1)C=C3. The predicted octanol–water partition coefficient (Wildman–Crippen LogP) is 10.9. The molecule has 3 fully saturated rings. The van der Waals surface area contributed by atoms with E-state index in [1.165, 1.54) is 90.3 Å². The first-order chi connectivity index (χ1) is 27.0. The van der Waals surface area contributed by atoms with Gasteiger partial charge in [0, 0.05) is 46.3 Å². The lowest BCUT2D eigenvalue weighted by molar-refractivity contribution is 0.122. The van der Waals surface area contributed by atoms with Crippen molar-refractivity contribution in [3.8, 4) is 34.1 Å². The molecule has 5 aromatic carbocycles. The molecule has 5 aromatic rings. The molecule has 282 valence electrons. The van der Waals surface area contributed by atoms with Crippen molar-refractivity contribution in [3.63, 3.8) is 0 Å². The standard InChI is InChI=1S/C49H51NO5/c1-52-37-15-17-39-42(31-37)46-41(19-22-49(55-46,34-9-13-36(51)14-10-34)33-7-11-35(12-8-33)50-27-29-54-30-28-50)45-44(39)40-18-16-38(53-2)32-43(40)48(45)25-23-47(24-26-48)20-5-3-4-6-21-47/h7-19,22,31-32,51H,3-6,20-21,23-30H2,1-2H3. The number of hydrogen-bond acceptors (Lipinski definition) is 6. The van der Waals surface area contributed by atoms with Crippen molar-refractivity contribution >= 4 is 22.5 Å². The number of hydrogen-bond donors (Lipinski definition) is 1. The van der Waals surface area contributed by atoms with Gasteiger partial charge in [0.25, 0.3) is 0 Å². The Hall–Kier alpha value is -4.94. The first kappa shape index (κ1) is 34.5. The summed E-state index contributed by atoms with van der Waals surface area (Å²) in [7, 11) is 3.52. The number of benzene rings is 5. The molecule has 10 rings (SSSR count). The lowest BCUT2D eigenvalue weighted by Crippen LogP contribution is -2.38. The lowest BCUT2D eigenvalue weighted by Gasteiger charge is -2.47. The fourth-order valence-corrected chi connectivity index (χ4v) is 11.1. The fraction of sp³-hybridized carbons (Fsp3) is 0.388. The van der Waals surface area contributed by atoms with Gasteiger partial charge in [0.1, 0.15) is 23.0 Å². The van der Waals surface area contributed by atoms with Gasteiger partial charge in [-0.1, -0.05) is 62.1 Å². The Labute approximate surface area is 324 Å². The molecule has 0 bridgehead atoms. The molecule has 1 unspecified atom stereocenters. The monoisotopic (exact) mass is 733 g/mol. The summed E-state index contributed by atoms with van der Waals surface area (Å²) in [6.45, 7) is 3.23. The molecule has 1 saturated heterocycles. The highest BCUT2D eigenvalue weighted by atomic mass is 16.5. The summed E-state index contributed by atoms with van der Waals surface area (Å²) >= 11 is 0. The summed E-state index contributed by atoms with van der Waals surface area (Å²) in [4.78, 5) is 2.38. The molecule has 3 aliphatic carbocycles. The Balaban J connectivity index is 1.19. The molecule has 2 aliphatic heterocycles. The third-order valence-electron chi connectivity index (χ3n) is 14.0.